The fourth-order valence-electron chi connectivity index (χ4n) is 4.98. The van der Waals surface area contributed by atoms with Crippen LogP contribution >= 0.6 is 0 Å². The summed E-state index contributed by atoms with van der Waals surface area (Å²) >= 11 is 0. The van der Waals surface area contributed by atoms with Crippen LogP contribution in [0.2, 0.25) is 0 Å². The normalized spacial score (nSPS) is 29.0. The van der Waals surface area contributed by atoms with E-state index in [1.165, 1.54) is 11.9 Å². The summed E-state index contributed by atoms with van der Waals surface area (Å²) in [6.45, 7) is 1.97. The number of nitrogens with zero attached hydrogens (tertiary/aromatic N) is 1. The number of nitrogens with one attached hydrogen (secondary N) is 1. The van der Waals surface area contributed by atoms with Gasteiger partial charge in [-0.3, -0.25) is 19.3 Å². The fourth-order valence-corrected chi connectivity index (χ4v) is 4.98. The van der Waals surface area contributed by atoms with E-state index < -0.39 is 17.4 Å². The Morgan fingerprint density at radius 1 is 1.00 bits per heavy atom. The first kappa shape index (κ1) is 14.4. The maximum atomic E-state index is 13.0. The summed E-state index contributed by atoms with van der Waals surface area (Å²) in [4.78, 5) is 39.7. The maximum absolute atomic E-state index is 13.0. The van der Waals surface area contributed by atoms with Crippen LogP contribution in [0.3, 0.4) is 0 Å². The van der Waals surface area contributed by atoms with E-state index in [2.05, 4.69) is 5.32 Å². The zero-order valence-electron chi connectivity index (χ0n) is 13.9. The number of hydrogen-bond donors (Lipinski definition) is 1. The number of carbonyl (C=O) groups is 3. The summed E-state index contributed by atoms with van der Waals surface area (Å²) in [5.41, 5.74) is 3.14. The molecule has 25 heavy (non-hydrogen) atoms. The van der Waals surface area contributed by atoms with Crippen molar-refractivity contribution in [1.29, 1.82) is 0 Å². The molecule has 0 aromatic heterocycles. The third kappa shape index (κ3) is 1.43. The van der Waals surface area contributed by atoms with Crippen LogP contribution in [0.5, 0.6) is 0 Å². The van der Waals surface area contributed by atoms with Crippen LogP contribution in [-0.2, 0) is 15.1 Å². The van der Waals surface area contributed by atoms with Gasteiger partial charge in [0.25, 0.3) is 5.91 Å². The van der Waals surface area contributed by atoms with Crippen molar-refractivity contribution in [1.82, 2.24) is 10.2 Å². The van der Waals surface area contributed by atoms with Crippen molar-refractivity contribution in [2.75, 3.05) is 7.05 Å². The van der Waals surface area contributed by atoms with Gasteiger partial charge in [0.05, 0.1) is 11.8 Å². The molecule has 5 nitrogen and oxygen atoms in total. The Balaban J connectivity index is 1.91. The largest absolute Gasteiger partial charge is 0.337 e. The Kier molecular flexibility index (Phi) is 2.51. The van der Waals surface area contributed by atoms with Gasteiger partial charge in [-0.25, -0.2) is 0 Å². The second kappa shape index (κ2) is 4.36. The first-order valence-corrected chi connectivity index (χ1v) is 8.32. The number of amides is 3. The lowest BCUT2D eigenvalue weighted by molar-refractivity contribution is -0.138. The molecule has 3 aliphatic rings. The van der Waals surface area contributed by atoms with Crippen LogP contribution in [0.15, 0.2) is 42.5 Å². The minimum atomic E-state index is -0.962. The van der Waals surface area contributed by atoms with Gasteiger partial charge in [0.2, 0.25) is 11.8 Å². The zero-order chi connectivity index (χ0) is 17.5. The molecule has 2 aliphatic heterocycles. The molecule has 1 aliphatic carbocycles. The SMILES string of the molecule is Cc1cccc2c1C1(NC(=O)c3ccccc31)C1C(=O)N(C)C(=O)C21. The van der Waals surface area contributed by atoms with Gasteiger partial charge in [0.15, 0.2) is 0 Å². The van der Waals surface area contributed by atoms with E-state index in [-0.39, 0.29) is 17.7 Å². The third-order valence-corrected chi connectivity index (χ3v) is 5.93. The molecule has 2 aromatic carbocycles. The van der Waals surface area contributed by atoms with Crippen LogP contribution in [0.4, 0.5) is 0 Å². The molecule has 1 N–H and O–H groups in total. The molecule has 3 unspecified atom stereocenters. The van der Waals surface area contributed by atoms with Crippen molar-refractivity contribution in [2.24, 2.45) is 5.92 Å². The highest BCUT2D eigenvalue weighted by Gasteiger charge is 2.67. The van der Waals surface area contributed by atoms with Gasteiger partial charge >= 0.3 is 0 Å². The molecule has 0 bridgehead atoms. The summed E-state index contributed by atoms with van der Waals surface area (Å²) < 4.78 is 0. The molecule has 2 aromatic rings. The minimum absolute atomic E-state index is 0.194. The van der Waals surface area contributed by atoms with Gasteiger partial charge in [0, 0.05) is 12.6 Å². The van der Waals surface area contributed by atoms with Crippen molar-refractivity contribution in [2.45, 2.75) is 18.4 Å². The van der Waals surface area contributed by atoms with E-state index in [0.717, 1.165) is 22.3 Å². The lowest BCUT2D eigenvalue weighted by atomic mass is 9.75. The van der Waals surface area contributed by atoms with Gasteiger partial charge in [-0.15, -0.1) is 0 Å². The summed E-state index contributed by atoms with van der Waals surface area (Å²) in [6, 6.07) is 13.1. The average Bonchev–Trinajstić information content (AvgIpc) is 3.15. The molecule has 5 heteroatoms. The van der Waals surface area contributed by atoms with Crippen molar-refractivity contribution < 1.29 is 14.4 Å². The molecule has 1 spiro atoms. The van der Waals surface area contributed by atoms with Crippen molar-refractivity contribution >= 4 is 17.7 Å². The smallest absolute Gasteiger partial charge is 0.252 e. The van der Waals surface area contributed by atoms with Crippen molar-refractivity contribution in [3.63, 3.8) is 0 Å². The molecule has 0 saturated carbocycles. The molecule has 3 amide bonds. The van der Waals surface area contributed by atoms with Gasteiger partial charge < -0.3 is 5.32 Å². The van der Waals surface area contributed by atoms with E-state index in [9.17, 15) is 14.4 Å². The summed E-state index contributed by atoms with van der Waals surface area (Å²) in [5.74, 6) is -1.80. The number of likely N-dealkylation sites (N-methyl/N-ethyl adjacent to an activating group) is 1. The second-order valence-corrected chi connectivity index (χ2v) is 7.04. The van der Waals surface area contributed by atoms with E-state index in [1.807, 2.05) is 43.3 Å². The van der Waals surface area contributed by atoms with Crippen LogP contribution in [0, 0.1) is 12.8 Å². The third-order valence-electron chi connectivity index (χ3n) is 5.93. The second-order valence-electron chi connectivity index (χ2n) is 7.04. The number of imide groups is 1. The summed E-state index contributed by atoms with van der Waals surface area (Å²) in [7, 11) is 1.52. The highest BCUT2D eigenvalue weighted by Crippen LogP contribution is 2.59. The lowest BCUT2D eigenvalue weighted by Gasteiger charge is -2.33. The molecule has 1 saturated heterocycles. The Labute approximate surface area is 144 Å². The molecule has 3 atom stereocenters. The number of carbonyl (C=O) groups excluding carboxylic acids is 3. The number of aryl methyl sites for hydroxylation is 1. The predicted molar refractivity (Wildman–Crippen MR) is 89.9 cm³/mol. The molecule has 124 valence electrons. The number of benzene rings is 2. The Morgan fingerprint density at radius 2 is 1.76 bits per heavy atom. The number of likely N-dealkylation sites (tertiary alicyclic amines) is 1. The molecule has 5 rings (SSSR count). The average molecular weight is 332 g/mol. The Bertz CT molecular complexity index is 996. The van der Waals surface area contributed by atoms with Crippen LogP contribution in [0.1, 0.15) is 38.5 Å². The van der Waals surface area contributed by atoms with Gasteiger partial charge in [0.1, 0.15) is 5.54 Å². The zero-order valence-corrected chi connectivity index (χ0v) is 13.9. The van der Waals surface area contributed by atoms with E-state index in [1.54, 1.807) is 6.07 Å². The first-order chi connectivity index (χ1) is 12.0. The van der Waals surface area contributed by atoms with E-state index in [0.29, 0.717) is 5.56 Å². The summed E-state index contributed by atoms with van der Waals surface area (Å²) in [6.07, 6.45) is 0. The molecule has 0 radical (unpaired) electrons. The van der Waals surface area contributed by atoms with E-state index in [4.69, 9.17) is 0 Å². The predicted octanol–water partition coefficient (Wildman–Crippen LogP) is 1.69. The minimum Gasteiger partial charge on any atom is -0.337 e. The summed E-state index contributed by atoms with van der Waals surface area (Å²) in [5, 5.41) is 3.10. The highest BCUT2D eigenvalue weighted by atomic mass is 16.2. The maximum Gasteiger partial charge on any atom is 0.252 e. The standard InChI is InChI=1S/C20H16N2O3/c1-10-6-5-8-12-14-16(19(25)22(2)18(14)24)20(15(10)12)13-9-4-3-7-11(13)17(23)21-20/h3-9,14,16H,1-2H3,(H,21,23). The molecule has 1 fully saturated rings. The molecular weight excluding hydrogens is 316 g/mol. The van der Waals surface area contributed by atoms with Crippen molar-refractivity contribution in [3.8, 4) is 0 Å². The highest BCUT2D eigenvalue weighted by molar-refractivity contribution is 6.12. The van der Waals surface area contributed by atoms with Gasteiger partial charge in [-0.1, -0.05) is 36.4 Å². The van der Waals surface area contributed by atoms with Gasteiger partial charge in [-0.05, 0) is 35.2 Å². The quantitative estimate of drug-likeness (QED) is 0.747. The van der Waals surface area contributed by atoms with Crippen LogP contribution < -0.4 is 5.32 Å². The monoisotopic (exact) mass is 332 g/mol. The Hall–Kier alpha value is -2.95. The van der Waals surface area contributed by atoms with Crippen LogP contribution in [-0.4, -0.2) is 29.7 Å². The lowest BCUT2D eigenvalue weighted by Crippen LogP contribution is -2.48. The molecular formula is C20H16N2O3. The van der Waals surface area contributed by atoms with E-state index >= 15 is 0 Å². The first-order valence-electron chi connectivity index (χ1n) is 8.32. The number of fused-ring (bicyclic) bond motifs is 7. The van der Waals surface area contributed by atoms with Crippen LogP contribution in [0.25, 0.3) is 0 Å². The molecule has 2 heterocycles. The topological polar surface area (TPSA) is 66.5 Å². The number of rotatable bonds is 0. The number of hydrogen-bond acceptors (Lipinski definition) is 3. The van der Waals surface area contributed by atoms with Gasteiger partial charge in [-0.2, -0.15) is 0 Å². The Morgan fingerprint density at radius 3 is 2.56 bits per heavy atom. The fraction of sp³-hybridized carbons (Fsp3) is 0.250. The van der Waals surface area contributed by atoms with Crippen molar-refractivity contribution in [3.05, 3.63) is 70.3 Å².